The molecule has 2 aromatic heterocycles. The van der Waals surface area contributed by atoms with Crippen molar-refractivity contribution in [2.75, 3.05) is 26.2 Å². The highest BCUT2D eigenvalue weighted by Gasteiger charge is 2.40. The predicted octanol–water partition coefficient (Wildman–Crippen LogP) is 1.99. The zero-order valence-corrected chi connectivity index (χ0v) is 17.3. The Morgan fingerprint density at radius 2 is 2.00 bits per heavy atom. The summed E-state index contributed by atoms with van der Waals surface area (Å²) in [5, 5.41) is 3.02. The number of carbonyl (C=O) groups is 1. The van der Waals surface area contributed by atoms with Gasteiger partial charge in [0.1, 0.15) is 5.82 Å². The van der Waals surface area contributed by atoms with Gasteiger partial charge in [0, 0.05) is 56.3 Å². The second kappa shape index (κ2) is 8.06. The number of likely N-dealkylation sites (tertiary alicyclic amines) is 1. The summed E-state index contributed by atoms with van der Waals surface area (Å²) < 4.78 is 1.93. The lowest BCUT2D eigenvalue weighted by Gasteiger charge is -2.47. The molecule has 0 saturated carbocycles. The lowest BCUT2D eigenvalue weighted by molar-refractivity contribution is 0.0770. The van der Waals surface area contributed by atoms with Crippen LogP contribution in [0.15, 0.2) is 35.4 Å². The summed E-state index contributed by atoms with van der Waals surface area (Å²) in [5.41, 5.74) is 1.56. The van der Waals surface area contributed by atoms with Gasteiger partial charge >= 0.3 is 0 Å². The van der Waals surface area contributed by atoms with E-state index in [9.17, 15) is 9.59 Å². The maximum absolute atomic E-state index is 12.7. The summed E-state index contributed by atoms with van der Waals surface area (Å²) in [6.45, 7) is 9.71. The van der Waals surface area contributed by atoms with Gasteiger partial charge in [-0.1, -0.05) is 19.9 Å². The van der Waals surface area contributed by atoms with Crippen molar-refractivity contribution < 1.29 is 4.79 Å². The van der Waals surface area contributed by atoms with Crippen LogP contribution < -0.4 is 10.9 Å². The number of fused-ring (bicyclic) bond motifs is 4. The zero-order valence-electron chi connectivity index (χ0n) is 17.3. The Bertz CT molecular complexity index is 937. The number of nitrogens with zero attached hydrogens (tertiary/aromatic N) is 4. The molecule has 1 fully saturated rings. The van der Waals surface area contributed by atoms with E-state index >= 15 is 0 Å². The maximum Gasteiger partial charge on any atom is 0.254 e. The highest BCUT2D eigenvalue weighted by Crippen LogP contribution is 2.40. The number of aryl methyl sites for hydroxylation is 1. The van der Waals surface area contributed by atoms with E-state index in [4.69, 9.17) is 0 Å². The summed E-state index contributed by atoms with van der Waals surface area (Å²) in [7, 11) is 0. The fourth-order valence-electron chi connectivity index (χ4n) is 4.87. The molecule has 154 valence electrons. The monoisotopic (exact) mass is 395 g/mol. The van der Waals surface area contributed by atoms with Crippen LogP contribution in [0.1, 0.15) is 54.1 Å². The molecule has 2 aliphatic heterocycles. The standard InChI is InChI=1S/C22H29N5O2/c1-14(2)11-26-12-16-7-17(13-26)20(27-19(16)5-4-6-21(27)28)10-25-22(29)18-8-23-15(3)24-9-18/h4-6,8-9,14,16-17,20H,7,10-13H2,1-3H3,(H,25,29)/t16-,17+,20+/m1/s1. The van der Waals surface area contributed by atoms with Crippen LogP contribution in [0.2, 0.25) is 0 Å². The quantitative estimate of drug-likeness (QED) is 0.838. The number of rotatable bonds is 5. The Balaban J connectivity index is 1.58. The van der Waals surface area contributed by atoms with Crippen LogP contribution in [0.4, 0.5) is 0 Å². The molecule has 29 heavy (non-hydrogen) atoms. The summed E-state index contributed by atoms with van der Waals surface area (Å²) in [4.78, 5) is 36.0. The van der Waals surface area contributed by atoms with Crippen LogP contribution in [-0.4, -0.2) is 51.5 Å². The van der Waals surface area contributed by atoms with Crippen molar-refractivity contribution in [2.45, 2.75) is 39.2 Å². The van der Waals surface area contributed by atoms with Crippen molar-refractivity contribution in [1.82, 2.24) is 24.8 Å². The van der Waals surface area contributed by atoms with Crippen molar-refractivity contribution in [3.05, 3.63) is 58.0 Å². The molecule has 0 aromatic carbocycles. The Kier molecular flexibility index (Phi) is 5.50. The SMILES string of the molecule is Cc1ncc(C(=O)NC[C@H]2[C@H]3C[C@H](CN(CC(C)C)C3)c3cccc(=O)n32)cn1. The van der Waals surface area contributed by atoms with Crippen LogP contribution in [0.3, 0.4) is 0 Å². The summed E-state index contributed by atoms with van der Waals surface area (Å²) in [6.07, 6.45) is 4.14. The molecule has 0 spiro atoms. The third-order valence-electron chi connectivity index (χ3n) is 6.01. The first-order valence-electron chi connectivity index (χ1n) is 10.4. The van der Waals surface area contributed by atoms with Gasteiger partial charge in [0.15, 0.2) is 0 Å². The molecule has 7 heteroatoms. The minimum atomic E-state index is -0.201. The Morgan fingerprint density at radius 1 is 1.24 bits per heavy atom. The van der Waals surface area contributed by atoms with Gasteiger partial charge in [-0.2, -0.15) is 0 Å². The number of amides is 1. The molecule has 0 radical (unpaired) electrons. The van der Waals surface area contributed by atoms with Gasteiger partial charge in [-0.15, -0.1) is 0 Å². The molecule has 0 unspecified atom stereocenters. The number of nitrogens with one attached hydrogen (secondary N) is 1. The summed E-state index contributed by atoms with van der Waals surface area (Å²) in [5.74, 6) is 1.75. The van der Waals surface area contributed by atoms with Gasteiger partial charge in [0.2, 0.25) is 0 Å². The highest BCUT2D eigenvalue weighted by molar-refractivity contribution is 5.93. The minimum absolute atomic E-state index is 0.0208. The molecule has 4 heterocycles. The Labute approximate surface area is 171 Å². The first kappa shape index (κ1) is 19.8. The second-order valence-corrected chi connectivity index (χ2v) is 8.76. The average Bonchev–Trinajstić information content (AvgIpc) is 2.68. The first-order chi connectivity index (χ1) is 13.9. The topological polar surface area (TPSA) is 80.1 Å². The van der Waals surface area contributed by atoms with Gasteiger partial charge in [-0.3, -0.25) is 9.59 Å². The molecule has 0 aliphatic carbocycles. The Morgan fingerprint density at radius 3 is 2.72 bits per heavy atom. The lowest BCUT2D eigenvalue weighted by atomic mass is 9.78. The number of hydrogen-bond donors (Lipinski definition) is 1. The number of piperidine rings is 1. The predicted molar refractivity (Wildman–Crippen MR) is 111 cm³/mol. The van der Waals surface area contributed by atoms with Gasteiger partial charge < -0.3 is 14.8 Å². The third kappa shape index (κ3) is 4.10. The molecule has 1 amide bonds. The van der Waals surface area contributed by atoms with E-state index in [1.54, 1.807) is 25.4 Å². The van der Waals surface area contributed by atoms with E-state index in [1.165, 1.54) is 0 Å². The fraction of sp³-hybridized carbons (Fsp3) is 0.545. The molecule has 1 saturated heterocycles. The van der Waals surface area contributed by atoms with Crippen LogP contribution in [0.25, 0.3) is 0 Å². The van der Waals surface area contributed by atoms with E-state index in [2.05, 4.69) is 40.1 Å². The zero-order chi connectivity index (χ0) is 20.5. The minimum Gasteiger partial charge on any atom is -0.350 e. The molecular formula is C22H29N5O2. The van der Waals surface area contributed by atoms with Gasteiger partial charge in [0.25, 0.3) is 11.5 Å². The van der Waals surface area contributed by atoms with Gasteiger partial charge in [-0.25, -0.2) is 9.97 Å². The van der Waals surface area contributed by atoms with E-state index in [0.29, 0.717) is 35.7 Å². The molecule has 2 aromatic rings. The van der Waals surface area contributed by atoms with Crippen LogP contribution in [-0.2, 0) is 0 Å². The number of carbonyl (C=O) groups excluding carboxylic acids is 1. The van der Waals surface area contributed by atoms with Crippen molar-refractivity contribution >= 4 is 5.91 Å². The van der Waals surface area contributed by atoms with Crippen LogP contribution in [0, 0.1) is 18.8 Å². The second-order valence-electron chi connectivity index (χ2n) is 8.76. The number of aromatic nitrogens is 3. The van der Waals surface area contributed by atoms with E-state index in [1.807, 2.05) is 10.6 Å². The molecule has 4 rings (SSSR count). The molecular weight excluding hydrogens is 366 g/mol. The number of pyridine rings is 1. The molecule has 3 atom stereocenters. The largest absolute Gasteiger partial charge is 0.350 e. The molecule has 1 N–H and O–H groups in total. The van der Waals surface area contributed by atoms with Crippen molar-refractivity contribution in [3.63, 3.8) is 0 Å². The first-order valence-corrected chi connectivity index (χ1v) is 10.4. The average molecular weight is 396 g/mol. The molecule has 2 aliphatic rings. The smallest absolute Gasteiger partial charge is 0.254 e. The maximum atomic E-state index is 12.7. The Hall–Kier alpha value is -2.54. The van der Waals surface area contributed by atoms with Gasteiger partial charge in [0.05, 0.1) is 11.6 Å². The summed E-state index contributed by atoms with van der Waals surface area (Å²) >= 11 is 0. The van der Waals surface area contributed by atoms with Crippen molar-refractivity contribution in [3.8, 4) is 0 Å². The third-order valence-corrected chi connectivity index (χ3v) is 6.01. The molecule has 2 bridgehead atoms. The van der Waals surface area contributed by atoms with Crippen LogP contribution >= 0.6 is 0 Å². The fourth-order valence-corrected chi connectivity index (χ4v) is 4.87. The number of hydrogen-bond acceptors (Lipinski definition) is 5. The lowest BCUT2D eigenvalue weighted by Crippen LogP contribution is -2.52. The van der Waals surface area contributed by atoms with E-state index < -0.39 is 0 Å². The summed E-state index contributed by atoms with van der Waals surface area (Å²) in [6, 6.07) is 5.51. The van der Waals surface area contributed by atoms with Crippen molar-refractivity contribution in [1.29, 1.82) is 0 Å². The molecule has 7 nitrogen and oxygen atoms in total. The van der Waals surface area contributed by atoms with Gasteiger partial charge in [-0.05, 0) is 31.2 Å². The van der Waals surface area contributed by atoms with E-state index in [-0.39, 0.29) is 17.5 Å². The van der Waals surface area contributed by atoms with E-state index in [0.717, 1.165) is 31.7 Å². The van der Waals surface area contributed by atoms with Crippen LogP contribution in [0.5, 0.6) is 0 Å². The normalized spacial score (nSPS) is 23.7. The highest BCUT2D eigenvalue weighted by atomic mass is 16.1. The van der Waals surface area contributed by atoms with Crippen molar-refractivity contribution in [2.24, 2.45) is 11.8 Å².